The number of thiophene rings is 1. The second kappa shape index (κ2) is 10.4. The molecule has 2 aromatic rings. The van der Waals surface area contributed by atoms with E-state index in [4.69, 9.17) is 23.2 Å². The van der Waals surface area contributed by atoms with E-state index < -0.39 is 0 Å². The highest BCUT2D eigenvalue weighted by molar-refractivity contribution is 7.15. The molecule has 1 fully saturated rings. The second-order valence-corrected chi connectivity index (χ2v) is 8.57. The van der Waals surface area contributed by atoms with Crippen LogP contribution in [0.1, 0.15) is 12.3 Å². The van der Waals surface area contributed by atoms with E-state index >= 15 is 0 Å². The van der Waals surface area contributed by atoms with Crippen molar-refractivity contribution in [3.63, 3.8) is 0 Å². The number of halogens is 2. The number of rotatable bonds is 6. The zero-order valence-corrected chi connectivity index (χ0v) is 17.1. The van der Waals surface area contributed by atoms with E-state index in [9.17, 15) is 4.79 Å². The molecule has 1 saturated heterocycles. The molecular weight excluding hydrogens is 401 g/mol. The van der Waals surface area contributed by atoms with Gasteiger partial charge in [-0.3, -0.25) is 9.69 Å². The molecule has 27 heavy (non-hydrogen) atoms. The molecule has 0 bridgehead atoms. The molecule has 0 unspecified atom stereocenters. The fraction of sp³-hybridized carbons (Fsp3) is 0.450. The zero-order chi connectivity index (χ0) is 18.5. The SMILES string of the molecule is C.CN1CCN(CCNC(=O)Cc2ccc(-c3ccc(Cl)cc3Cl)s2)CC1. The fourth-order valence-corrected chi connectivity index (χ4v) is 4.56. The number of carbonyl (C=O) groups excluding carboxylic acids is 1. The summed E-state index contributed by atoms with van der Waals surface area (Å²) < 4.78 is 0. The first kappa shape index (κ1) is 22.2. The number of piperazine rings is 1. The van der Waals surface area contributed by atoms with Gasteiger partial charge in [0.2, 0.25) is 5.91 Å². The molecule has 1 amide bonds. The van der Waals surface area contributed by atoms with Crippen molar-refractivity contribution in [1.82, 2.24) is 15.1 Å². The highest BCUT2D eigenvalue weighted by Gasteiger charge is 2.14. The van der Waals surface area contributed by atoms with Gasteiger partial charge in [0.25, 0.3) is 0 Å². The minimum absolute atomic E-state index is 0. The summed E-state index contributed by atoms with van der Waals surface area (Å²) in [6.45, 7) is 5.95. The monoisotopic (exact) mass is 427 g/mol. The van der Waals surface area contributed by atoms with Gasteiger partial charge in [0.1, 0.15) is 0 Å². The van der Waals surface area contributed by atoms with Gasteiger partial charge in [-0.05, 0) is 31.3 Å². The van der Waals surface area contributed by atoms with Crippen molar-refractivity contribution in [1.29, 1.82) is 0 Å². The topological polar surface area (TPSA) is 35.6 Å². The van der Waals surface area contributed by atoms with Gasteiger partial charge in [-0.25, -0.2) is 0 Å². The van der Waals surface area contributed by atoms with Crippen LogP contribution in [0, 0.1) is 0 Å². The Balaban J connectivity index is 0.00000261. The lowest BCUT2D eigenvalue weighted by Gasteiger charge is -2.32. The molecule has 7 heteroatoms. The predicted molar refractivity (Wildman–Crippen MR) is 117 cm³/mol. The van der Waals surface area contributed by atoms with Crippen LogP contribution in [0.25, 0.3) is 10.4 Å². The Bertz CT molecular complexity index is 757. The van der Waals surface area contributed by atoms with Gasteiger partial charge >= 0.3 is 0 Å². The standard InChI is InChI=1S/C19H23Cl2N3OS.CH4/c1-23-8-10-24(11-9-23)7-6-22-19(25)13-15-3-5-18(26-15)16-4-2-14(20)12-17(16)21;/h2-5,12H,6-11,13H2,1H3,(H,22,25);1H4. The van der Waals surface area contributed by atoms with Crippen molar-refractivity contribution in [2.75, 3.05) is 46.3 Å². The largest absolute Gasteiger partial charge is 0.355 e. The molecule has 0 radical (unpaired) electrons. The molecule has 0 saturated carbocycles. The molecule has 1 aromatic heterocycles. The molecule has 1 aliphatic heterocycles. The molecule has 2 heterocycles. The van der Waals surface area contributed by atoms with Crippen LogP contribution in [0.2, 0.25) is 10.0 Å². The number of nitrogens with zero attached hydrogens (tertiary/aromatic N) is 2. The van der Waals surface area contributed by atoms with Gasteiger partial charge in [0.05, 0.1) is 11.4 Å². The molecule has 0 aliphatic carbocycles. The molecular formula is C20H27Cl2N3OS. The summed E-state index contributed by atoms with van der Waals surface area (Å²) in [6.07, 6.45) is 0.401. The van der Waals surface area contributed by atoms with Gasteiger partial charge in [0.15, 0.2) is 0 Å². The number of hydrogen-bond donors (Lipinski definition) is 1. The van der Waals surface area contributed by atoms with E-state index in [0.717, 1.165) is 48.0 Å². The highest BCUT2D eigenvalue weighted by Crippen LogP contribution is 2.35. The maximum absolute atomic E-state index is 12.2. The van der Waals surface area contributed by atoms with Crippen LogP contribution >= 0.6 is 34.5 Å². The minimum Gasteiger partial charge on any atom is -0.355 e. The second-order valence-electron chi connectivity index (χ2n) is 6.56. The van der Waals surface area contributed by atoms with Crippen molar-refractivity contribution < 1.29 is 4.79 Å². The van der Waals surface area contributed by atoms with E-state index in [0.29, 0.717) is 23.0 Å². The maximum Gasteiger partial charge on any atom is 0.225 e. The van der Waals surface area contributed by atoms with Crippen molar-refractivity contribution >= 4 is 40.4 Å². The Morgan fingerprint density at radius 1 is 1.15 bits per heavy atom. The van der Waals surface area contributed by atoms with Gasteiger partial charge in [-0.15, -0.1) is 11.3 Å². The number of nitrogens with one attached hydrogen (secondary N) is 1. The minimum atomic E-state index is 0. The number of hydrogen-bond acceptors (Lipinski definition) is 4. The Morgan fingerprint density at radius 3 is 2.59 bits per heavy atom. The summed E-state index contributed by atoms with van der Waals surface area (Å²) in [7, 11) is 2.14. The van der Waals surface area contributed by atoms with Crippen molar-refractivity contribution in [3.8, 4) is 10.4 Å². The smallest absolute Gasteiger partial charge is 0.225 e. The first-order valence-corrected chi connectivity index (χ1v) is 10.3. The normalized spacial score (nSPS) is 15.4. The molecule has 1 aromatic carbocycles. The van der Waals surface area contributed by atoms with Gasteiger partial charge < -0.3 is 10.2 Å². The highest BCUT2D eigenvalue weighted by atomic mass is 35.5. The molecule has 4 nitrogen and oxygen atoms in total. The lowest BCUT2D eigenvalue weighted by molar-refractivity contribution is -0.120. The summed E-state index contributed by atoms with van der Waals surface area (Å²) in [4.78, 5) is 19.0. The maximum atomic E-state index is 12.2. The van der Waals surface area contributed by atoms with Crippen LogP contribution in [0.4, 0.5) is 0 Å². The van der Waals surface area contributed by atoms with E-state index in [-0.39, 0.29) is 13.3 Å². The third kappa shape index (κ3) is 6.47. The molecule has 0 atom stereocenters. The van der Waals surface area contributed by atoms with Gasteiger partial charge in [0, 0.05) is 59.6 Å². The van der Waals surface area contributed by atoms with Gasteiger partial charge in [-0.1, -0.05) is 36.7 Å². The predicted octanol–water partition coefficient (Wildman–Crippen LogP) is 4.26. The van der Waals surface area contributed by atoms with Crippen LogP contribution in [-0.4, -0.2) is 62.0 Å². The van der Waals surface area contributed by atoms with Crippen LogP contribution < -0.4 is 5.32 Å². The van der Waals surface area contributed by atoms with Crippen molar-refractivity contribution in [3.05, 3.63) is 45.3 Å². The molecule has 148 valence electrons. The zero-order valence-electron chi connectivity index (χ0n) is 14.8. The fourth-order valence-electron chi connectivity index (χ4n) is 2.95. The summed E-state index contributed by atoms with van der Waals surface area (Å²) >= 11 is 13.8. The Morgan fingerprint density at radius 2 is 1.89 bits per heavy atom. The van der Waals surface area contributed by atoms with E-state index in [2.05, 4.69) is 22.2 Å². The average molecular weight is 428 g/mol. The summed E-state index contributed by atoms with van der Waals surface area (Å²) in [5.74, 6) is 0.0646. The first-order valence-electron chi connectivity index (χ1n) is 8.73. The van der Waals surface area contributed by atoms with Crippen LogP contribution in [0.5, 0.6) is 0 Å². The number of carbonyl (C=O) groups is 1. The summed E-state index contributed by atoms with van der Waals surface area (Å²) in [5.41, 5.74) is 0.947. The number of benzene rings is 1. The Labute approximate surface area is 176 Å². The summed E-state index contributed by atoms with van der Waals surface area (Å²) in [5, 5.41) is 4.27. The molecule has 1 N–H and O–H groups in total. The average Bonchev–Trinajstić information content (AvgIpc) is 3.04. The van der Waals surface area contributed by atoms with E-state index in [1.807, 2.05) is 24.3 Å². The number of amides is 1. The molecule has 1 aliphatic rings. The van der Waals surface area contributed by atoms with Crippen molar-refractivity contribution in [2.24, 2.45) is 0 Å². The third-order valence-corrected chi connectivity index (χ3v) is 6.21. The van der Waals surface area contributed by atoms with Crippen molar-refractivity contribution in [2.45, 2.75) is 13.8 Å². The molecule has 3 rings (SSSR count). The van der Waals surface area contributed by atoms with Gasteiger partial charge in [-0.2, -0.15) is 0 Å². The quantitative estimate of drug-likeness (QED) is 0.747. The Kier molecular flexibility index (Phi) is 8.58. The van der Waals surface area contributed by atoms with E-state index in [1.54, 1.807) is 17.4 Å². The van der Waals surface area contributed by atoms with E-state index in [1.165, 1.54) is 0 Å². The van der Waals surface area contributed by atoms with Crippen LogP contribution in [0.15, 0.2) is 30.3 Å². The first-order chi connectivity index (χ1) is 12.5. The molecule has 0 spiro atoms. The third-order valence-electron chi connectivity index (χ3n) is 4.54. The number of likely N-dealkylation sites (N-methyl/N-ethyl adjacent to an activating group) is 1. The lowest BCUT2D eigenvalue weighted by atomic mass is 10.2. The van der Waals surface area contributed by atoms with Crippen LogP contribution in [0.3, 0.4) is 0 Å². The Hall–Kier alpha value is -1.11. The lowest BCUT2D eigenvalue weighted by Crippen LogP contribution is -2.47. The van der Waals surface area contributed by atoms with Crippen LogP contribution in [-0.2, 0) is 11.2 Å². The summed E-state index contributed by atoms with van der Waals surface area (Å²) in [6, 6.07) is 9.48.